The Morgan fingerprint density at radius 2 is 2.22 bits per heavy atom. The van der Waals surface area contributed by atoms with E-state index in [-0.39, 0.29) is 24.7 Å². The highest BCUT2D eigenvalue weighted by molar-refractivity contribution is 7.09. The number of nitro benzene ring substituents is 1. The average molecular weight is 265 g/mol. The lowest BCUT2D eigenvalue weighted by atomic mass is 10.2. The number of hydrogen-bond acceptors (Lipinski definition) is 5. The minimum atomic E-state index is -0.495. The van der Waals surface area contributed by atoms with Crippen LogP contribution in [0.4, 0.5) is 5.69 Å². The van der Waals surface area contributed by atoms with E-state index in [1.54, 1.807) is 0 Å². The zero-order valence-corrected chi connectivity index (χ0v) is 10.2. The second-order valence-electron chi connectivity index (χ2n) is 3.59. The van der Waals surface area contributed by atoms with Gasteiger partial charge in [-0.2, -0.15) is 0 Å². The van der Waals surface area contributed by atoms with Crippen molar-refractivity contribution in [1.82, 2.24) is 0 Å². The van der Waals surface area contributed by atoms with Gasteiger partial charge in [-0.05, 0) is 29.1 Å². The standard InChI is InChI=1S/C12H11NO4S/c14-7-9-3-4-11(13(15)16)12(6-9)17-8-10-2-1-5-18-10/h1-6,14H,7-8H2. The first-order valence-electron chi connectivity index (χ1n) is 5.24. The zero-order valence-electron chi connectivity index (χ0n) is 9.41. The molecule has 5 nitrogen and oxygen atoms in total. The first-order valence-corrected chi connectivity index (χ1v) is 6.12. The Morgan fingerprint density at radius 1 is 1.39 bits per heavy atom. The molecular formula is C12H11NO4S. The molecule has 0 atom stereocenters. The van der Waals surface area contributed by atoms with Crippen molar-refractivity contribution in [2.75, 3.05) is 0 Å². The smallest absolute Gasteiger partial charge is 0.310 e. The van der Waals surface area contributed by atoms with Crippen molar-refractivity contribution >= 4 is 17.0 Å². The highest BCUT2D eigenvalue weighted by Gasteiger charge is 2.15. The maximum atomic E-state index is 10.8. The van der Waals surface area contributed by atoms with Crippen LogP contribution in [0.25, 0.3) is 0 Å². The van der Waals surface area contributed by atoms with Crippen LogP contribution in [0, 0.1) is 10.1 Å². The Balaban J connectivity index is 2.20. The molecule has 0 saturated carbocycles. The number of benzene rings is 1. The van der Waals surface area contributed by atoms with Crippen LogP contribution in [0.1, 0.15) is 10.4 Å². The molecule has 0 bridgehead atoms. The predicted octanol–water partition coefficient (Wildman–Crippen LogP) is 2.73. The summed E-state index contributed by atoms with van der Waals surface area (Å²) in [5.41, 5.74) is 0.491. The van der Waals surface area contributed by atoms with Gasteiger partial charge in [0.2, 0.25) is 0 Å². The Kier molecular flexibility index (Phi) is 3.91. The van der Waals surface area contributed by atoms with Crippen LogP contribution in [0.2, 0.25) is 0 Å². The average Bonchev–Trinajstić information content (AvgIpc) is 2.88. The number of aliphatic hydroxyl groups is 1. The fourth-order valence-corrected chi connectivity index (χ4v) is 2.08. The van der Waals surface area contributed by atoms with Crippen molar-refractivity contribution in [3.8, 4) is 5.75 Å². The number of nitro groups is 1. The third-order valence-corrected chi connectivity index (χ3v) is 3.20. The monoisotopic (exact) mass is 265 g/mol. The molecule has 18 heavy (non-hydrogen) atoms. The van der Waals surface area contributed by atoms with Gasteiger partial charge >= 0.3 is 5.69 Å². The molecule has 94 valence electrons. The molecule has 1 aromatic heterocycles. The molecule has 0 fully saturated rings. The highest BCUT2D eigenvalue weighted by Crippen LogP contribution is 2.29. The van der Waals surface area contributed by atoms with E-state index >= 15 is 0 Å². The number of aliphatic hydroxyl groups excluding tert-OH is 1. The van der Waals surface area contributed by atoms with Crippen LogP contribution in [0.5, 0.6) is 5.75 Å². The molecule has 0 radical (unpaired) electrons. The molecule has 0 aliphatic heterocycles. The van der Waals surface area contributed by atoms with Crippen molar-refractivity contribution in [1.29, 1.82) is 0 Å². The lowest BCUT2D eigenvalue weighted by Crippen LogP contribution is -1.99. The maximum Gasteiger partial charge on any atom is 0.310 e. The van der Waals surface area contributed by atoms with E-state index in [0.29, 0.717) is 5.56 Å². The fourth-order valence-electron chi connectivity index (χ4n) is 1.47. The van der Waals surface area contributed by atoms with Crippen molar-refractivity contribution in [3.63, 3.8) is 0 Å². The fraction of sp³-hybridized carbons (Fsp3) is 0.167. The van der Waals surface area contributed by atoms with Crippen LogP contribution < -0.4 is 4.74 Å². The Labute approximate surface area is 107 Å². The topological polar surface area (TPSA) is 72.6 Å². The van der Waals surface area contributed by atoms with E-state index in [2.05, 4.69) is 0 Å². The first kappa shape index (κ1) is 12.5. The van der Waals surface area contributed by atoms with Gasteiger partial charge in [-0.1, -0.05) is 6.07 Å². The normalized spacial score (nSPS) is 10.3. The van der Waals surface area contributed by atoms with E-state index in [4.69, 9.17) is 9.84 Å². The van der Waals surface area contributed by atoms with Gasteiger partial charge in [-0.25, -0.2) is 0 Å². The predicted molar refractivity (Wildman–Crippen MR) is 67.7 cm³/mol. The van der Waals surface area contributed by atoms with Gasteiger partial charge in [0.15, 0.2) is 5.75 Å². The number of ether oxygens (including phenoxy) is 1. The number of nitrogens with zero attached hydrogens (tertiary/aromatic N) is 1. The molecule has 2 rings (SSSR count). The third-order valence-electron chi connectivity index (χ3n) is 2.35. The number of hydrogen-bond donors (Lipinski definition) is 1. The molecule has 0 unspecified atom stereocenters. The minimum Gasteiger partial charge on any atom is -0.481 e. The van der Waals surface area contributed by atoms with Gasteiger partial charge in [0.1, 0.15) is 6.61 Å². The molecule has 1 aromatic carbocycles. The summed E-state index contributed by atoms with van der Waals surface area (Å²) < 4.78 is 5.44. The molecule has 0 saturated heterocycles. The largest absolute Gasteiger partial charge is 0.481 e. The van der Waals surface area contributed by atoms with E-state index in [1.165, 1.54) is 29.5 Å². The Hall–Kier alpha value is -1.92. The van der Waals surface area contributed by atoms with Gasteiger partial charge in [0.05, 0.1) is 11.5 Å². The second kappa shape index (κ2) is 5.61. The Bertz CT molecular complexity index is 539. The molecule has 0 aliphatic carbocycles. The lowest BCUT2D eigenvalue weighted by molar-refractivity contribution is -0.386. The maximum absolute atomic E-state index is 10.8. The van der Waals surface area contributed by atoms with Crippen LogP contribution in [0.15, 0.2) is 35.7 Å². The van der Waals surface area contributed by atoms with E-state index in [1.807, 2.05) is 17.5 Å². The van der Waals surface area contributed by atoms with Gasteiger partial charge in [-0.15, -0.1) is 11.3 Å². The SMILES string of the molecule is O=[N+]([O-])c1ccc(CO)cc1OCc1cccs1. The Morgan fingerprint density at radius 3 is 2.83 bits per heavy atom. The van der Waals surface area contributed by atoms with Crippen molar-refractivity contribution in [3.05, 3.63) is 56.3 Å². The first-order chi connectivity index (χ1) is 8.70. The summed E-state index contributed by atoms with van der Waals surface area (Å²) in [6.07, 6.45) is 0. The van der Waals surface area contributed by atoms with Gasteiger partial charge in [0, 0.05) is 10.9 Å². The number of thiophene rings is 1. The molecule has 1 heterocycles. The van der Waals surface area contributed by atoms with Gasteiger partial charge < -0.3 is 9.84 Å². The minimum absolute atomic E-state index is 0.0937. The van der Waals surface area contributed by atoms with E-state index < -0.39 is 4.92 Å². The van der Waals surface area contributed by atoms with E-state index in [9.17, 15) is 10.1 Å². The van der Waals surface area contributed by atoms with Gasteiger partial charge in [0.25, 0.3) is 0 Å². The molecule has 0 aliphatic rings. The number of rotatable bonds is 5. The molecule has 1 N–H and O–H groups in total. The third kappa shape index (κ3) is 2.85. The summed E-state index contributed by atoms with van der Waals surface area (Å²) in [7, 11) is 0. The van der Waals surface area contributed by atoms with Crippen molar-refractivity contribution < 1.29 is 14.8 Å². The molecule has 0 amide bonds. The van der Waals surface area contributed by atoms with Crippen molar-refractivity contribution in [2.45, 2.75) is 13.2 Å². The summed E-state index contributed by atoms with van der Waals surface area (Å²) in [4.78, 5) is 11.3. The van der Waals surface area contributed by atoms with Crippen molar-refractivity contribution in [2.24, 2.45) is 0 Å². The van der Waals surface area contributed by atoms with Crippen LogP contribution in [-0.4, -0.2) is 10.0 Å². The van der Waals surface area contributed by atoms with E-state index in [0.717, 1.165) is 4.88 Å². The summed E-state index contributed by atoms with van der Waals surface area (Å²) in [5.74, 6) is 0.181. The molecule has 0 spiro atoms. The summed E-state index contributed by atoms with van der Waals surface area (Å²) in [6, 6.07) is 8.13. The van der Waals surface area contributed by atoms with Gasteiger partial charge in [-0.3, -0.25) is 10.1 Å². The van der Waals surface area contributed by atoms with Crippen LogP contribution in [-0.2, 0) is 13.2 Å². The van der Waals surface area contributed by atoms with Crippen LogP contribution in [0.3, 0.4) is 0 Å². The lowest BCUT2D eigenvalue weighted by Gasteiger charge is -2.06. The summed E-state index contributed by atoms with van der Waals surface area (Å²) >= 11 is 1.52. The zero-order chi connectivity index (χ0) is 13.0. The quantitative estimate of drug-likeness (QED) is 0.666. The van der Waals surface area contributed by atoms with Crippen LogP contribution >= 0.6 is 11.3 Å². The molecule has 2 aromatic rings. The summed E-state index contributed by atoms with van der Waals surface area (Å²) in [6.45, 7) is 0.112. The highest BCUT2D eigenvalue weighted by atomic mass is 32.1. The molecular weight excluding hydrogens is 254 g/mol. The molecule has 6 heteroatoms. The second-order valence-corrected chi connectivity index (χ2v) is 4.62. The summed E-state index contributed by atoms with van der Waals surface area (Å²) in [5, 5.41) is 21.8.